The van der Waals surface area contributed by atoms with E-state index >= 15 is 0 Å². The molecule has 6 heteroatoms. The fraction of sp³-hybridized carbons (Fsp3) is 0.310. The first kappa shape index (κ1) is 27.7. The van der Waals surface area contributed by atoms with Gasteiger partial charge in [-0.15, -0.1) is 0 Å². The molecule has 1 amide bonds. The number of benzene rings is 3. The lowest BCUT2D eigenvalue weighted by Crippen LogP contribution is -2.24. The number of nitrogens with one attached hydrogen (secondary N) is 1. The molecular weight excluding hydrogens is 445 g/mol. The number of aldehydes is 1. The van der Waals surface area contributed by atoms with Crippen LogP contribution in [-0.4, -0.2) is 19.3 Å². The Morgan fingerprint density at radius 2 is 1.57 bits per heavy atom. The third-order valence-electron chi connectivity index (χ3n) is 5.43. The zero-order valence-electron chi connectivity index (χ0n) is 20.8. The van der Waals surface area contributed by atoms with Gasteiger partial charge in [-0.2, -0.15) is 0 Å². The molecule has 0 fully saturated rings. The van der Waals surface area contributed by atoms with Crippen LogP contribution in [0.3, 0.4) is 0 Å². The van der Waals surface area contributed by atoms with Crippen LogP contribution in [0.15, 0.2) is 66.7 Å². The SMILES string of the molecule is CC=O.CC[C@@H](C)Cc1ccc(COC)c(C(=O)NCc2ccc(Oc3ccc(F)cc3)cc2)c1. The van der Waals surface area contributed by atoms with Gasteiger partial charge in [0.1, 0.15) is 23.6 Å². The van der Waals surface area contributed by atoms with Gasteiger partial charge in [-0.25, -0.2) is 4.39 Å². The highest BCUT2D eigenvalue weighted by atomic mass is 19.1. The maximum Gasteiger partial charge on any atom is 0.251 e. The van der Waals surface area contributed by atoms with Crippen LogP contribution in [0.5, 0.6) is 11.5 Å². The summed E-state index contributed by atoms with van der Waals surface area (Å²) in [6.07, 6.45) is 2.79. The van der Waals surface area contributed by atoms with E-state index in [-0.39, 0.29) is 11.7 Å². The third kappa shape index (κ3) is 9.33. The van der Waals surface area contributed by atoms with Crippen LogP contribution in [0.25, 0.3) is 0 Å². The monoisotopic (exact) mass is 479 g/mol. The summed E-state index contributed by atoms with van der Waals surface area (Å²) in [5.74, 6) is 1.36. The van der Waals surface area contributed by atoms with Crippen LogP contribution in [0.2, 0.25) is 0 Å². The maximum absolute atomic E-state index is 13.0. The summed E-state index contributed by atoms with van der Waals surface area (Å²) < 4.78 is 24.0. The van der Waals surface area contributed by atoms with E-state index in [1.807, 2.05) is 36.4 Å². The van der Waals surface area contributed by atoms with Crippen molar-refractivity contribution in [1.82, 2.24) is 5.32 Å². The molecular formula is C29H34FNO4. The van der Waals surface area contributed by atoms with Crippen molar-refractivity contribution in [3.05, 3.63) is 94.8 Å². The van der Waals surface area contributed by atoms with E-state index < -0.39 is 0 Å². The normalized spacial score (nSPS) is 11.1. The lowest BCUT2D eigenvalue weighted by molar-refractivity contribution is -0.106. The van der Waals surface area contributed by atoms with Crippen LogP contribution >= 0.6 is 0 Å². The number of ether oxygens (including phenoxy) is 2. The van der Waals surface area contributed by atoms with Gasteiger partial charge >= 0.3 is 0 Å². The molecule has 0 unspecified atom stereocenters. The van der Waals surface area contributed by atoms with Crippen molar-refractivity contribution in [3.63, 3.8) is 0 Å². The molecule has 0 heterocycles. The predicted molar refractivity (Wildman–Crippen MR) is 136 cm³/mol. The number of carbonyl (C=O) groups excluding carboxylic acids is 2. The van der Waals surface area contributed by atoms with Crippen LogP contribution in [-0.2, 0) is 29.1 Å². The Hall–Kier alpha value is -3.51. The van der Waals surface area contributed by atoms with Gasteiger partial charge in [0.05, 0.1) is 6.61 Å². The number of methoxy groups -OCH3 is 1. The van der Waals surface area contributed by atoms with E-state index in [1.165, 1.54) is 19.1 Å². The van der Waals surface area contributed by atoms with Crippen LogP contribution in [0.1, 0.15) is 54.2 Å². The molecule has 3 aromatic carbocycles. The summed E-state index contributed by atoms with van der Waals surface area (Å²) in [6, 6.07) is 19.4. The first-order valence-corrected chi connectivity index (χ1v) is 11.7. The Balaban J connectivity index is 0.00000137. The number of rotatable bonds is 10. The molecule has 1 atom stereocenters. The number of hydrogen-bond acceptors (Lipinski definition) is 4. The van der Waals surface area contributed by atoms with E-state index in [2.05, 4.69) is 25.2 Å². The minimum Gasteiger partial charge on any atom is -0.457 e. The molecule has 0 spiro atoms. The Morgan fingerprint density at radius 3 is 2.14 bits per heavy atom. The van der Waals surface area contributed by atoms with Gasteiger partial charge in [0.2, 0.25) is 0 Å². The minimum atomic E-state index is -0.303. The molecule has 0 saturated carbocycles. The molecule has 0 saturated heterocycles. The van der Waals surface area contributed by atoms with Crippen molar-refractivity contribution in [1.29, 1.82) is 0 Å². The fourth-order valence-electron chi connectivity index (χ4n) is 3.38. The number of halogens is 1. The van der Waals surface area contributed by atoms with Crippen molar-refractivity contribution in [2.24, 2.45) is 5.92 Å². The van der Waals surface area contributed by atoms with Gasteiger partial charge in [0.25, 0.3) is 5.91 Å². The average molecular weight is 480 g/mol. The number of amides is 1. The summed E-state index contributed by atoms with van der Waals surface area (Å²) in [5, 5.41) is 3.01. The third-order valence-corrected chi connectivity index (χ3v) is 5.43. The minimum absolute atomic E-state index is 0.116. The maximum atomic E-state index is 13.0. The molecule has 0 aliphatic heterocycles. The smallest absolute Gasteiger partial charge is 0.251 e. The van der Waals surface area contributed by atoms with Gasteiger partial charge < -0.3 is 19.6 Å². The molecule has 0 bridgehead atoms. The second-order valence-corrected chi connectivity index (χ2v) is 8.26. The zero-order valence-corrected chi connectivity index (χ0v) is 20.8. The second kappa shape index (κ2) is 14.7. The van der Waals surface area contributed by atoms with Crippen molar-refractivity contribution in [2.75, 3.05) is 7.11 Å². The summed E-state index contributed by atoms with van der Waals surface area (Å²) in [4.78, 5) is 21.7. The molecule has 35 heavy (non-hydrogen) atoms. The quantitative estimate of drug-likeness (QED) is 0.338. The fourth-order valence-corrected chi connectivity index (χ4v) is 3.38. The average Bonchev–Trinajstić information content (AvgIpc) is 2.86. The largest absolute Gasteiger partial charge is 0.457 e. The lowest BCUT2D eigenvalue weighted by Gasteiger charge is -2.14. The Kier molecular flexibility index (Phi) is 11.6. The van der Waals surface area contributed by atoms with Gasteiger partial charge in [0.15, 0.2) is 0 Å². The summed E-state index contributed by atoms with van der Waals surface area (Å²) in [6.45, 7) is 6.62. The highest BCUT2D eigenvalue weighted by Crippen LogP contribution is 2.22. The van der Waals surface area contributed by atoms with E-state index in [4.69, 9.17) is 14.3 Å². The molecule has 0 radical (unpaired) electrons. The lowest BCUT2D eigenvalue weighted by atomic mass is 9.95. The second-order valence-electron chi connectivity index (χ2n) is 8.26. The van der Waals surface area contributed by atoms with E-state index in [0.717, 1.165) is 35.8 Å². The molecule has 186 valence electrons. The van der Waals surface area contributed by atoms with Gasteiger partial charge in [-0.05, 0) is 78.4 Å². The Labute approximate surface area is 207 Å². The van der Waals surface area contributed by atoms with Crippen molar-refractivity contribution in [3.8, 4) is 11.5 Å². The van der Waals surface area contributed by atoms with Crippen LogP contribution in [0.4, 0.5) is 4.39 Å². The first-order valence-electron chi connectivity index (χ1n) is 11.7. The summed E-state index contributed by atoms with van der Waals surface area (Å²) >= 11 is 0. The number of carbonyl (C=O) groups is 2. The molecule has 3 rings (SSSR count). The molecule has 5 nitrogen and oxygen atoms in total. The molecule has 0 aromatic heterocycles. The first-order chi connectivity index (χ1) is 16.9. The highest BCUT2D eigenvalue weighted by Gasteiger charge is 2.13. The van der Waals surface area contributed by atoms with Crippen LogP contribution in [0, 0.1) is 11.7 Å². The highest BCUT2D eigenvalue weighted by molar-refractivity contribution is 5.95. The summed E-state index contributed by atoms with van der Waals surface area (Å²) in [7, 11) is 1.63. The Bertz CT molecular complexity index is 1070. The molecule has 0 aliphatic carbocycles. The number of hydrogen-bond donors (Lipinski definition) is 1. The molecule has 0 aliphatic rings. The molecule has 3 aromatic rings. The van der Waals surface area contributed by atoms with Gasteiger partial charge in [0, 0.05) is 19.2 Å². The Morgan fingerprint density at radius 1 is 1.00 bits per heavy atom. The van der Waals surface area contributed by atoms with E-state index in [1.54, 1.807) is 19.2 Å². The van der Waals surface area contributed by atoms with Crippen LogP contribution < -0.4 is 10.1 Å². The summed E-state index contributed by atoms with van der Waals surface area (Å²) in [5.41, 5.74) is 3.64. The topological polar surface area (TPSA) is 64.6 Å². The van der Waals surface area contributed by atoms with Crippen molar-refractivity contribution in [2.45, 2.75) is 46.8 Å². The standard InChI is InChI=1S/C27H30FNO3.C2H4O/c1-4-19(2)15-21-5-8-22(18-31-3)26(16-21)27(30)29-17-20-6-11-24(12-7-20)32-25-13-9-23(28)10-14-25;1-2-3/h5-14,16,19H,4,15,17-18H2,1-3H3,(H,29,30);2H,1H3/t19-;/m1./s1. The molecule has 1 N–H and O–H groups in total. The van der Waals surface area contributed by atoms with Gasteiger partial charge in [-0.1, -0.05) is 44.5 Å². The zero-order chi connectivity index (χ0) is 25.6. The van der Waals surface area contributed by atoms with Crippen molar-refractivity contribution >= 4 is 12.2 Å². The van der Waals surface area contributed by atoms with E-state index in [0.29, 0.717) is 36.1 Å². The van der Waals surface area contributed by atoms with Gasteiger partial charge in [-0.3, -0.25) is 4.79 Å². The predicted octanol–water partition coefficient (Wildman–Crippen LogP) is 6.49. The van der Waals surface area contributed by atoms with Crippen molar-refractivity contribution < 1.29 is 23.5 Å². The van der Waals surface area contributed by atoms with E-state index in [9.17, 15) is 9.18 Å².